The summed E-state index contributed by atoms with van der Waals surface area (Å²) >= 11 is 0. The van der Waals surface area contributed by atoms with E-state index in [1.54, 1.807) is 0 Å². The van der Waals surface area contributed by atoms with E-state index in [0.29, 0.717) is 0 Å². The van der Waals surface area contributed by atoms with Crippen LogP contribution in [0.3, 0.4) is 0 Å². The third-order valence-corrected chi connectivity index (χ3v) is 3.00. The zero-order valence-corrected chi connectivity index (χ0v) is 10.4. The normalized spacial score (nSPS) is 13.1. The molecular weight excluding hydrogens is 168 g/mol. The molecular formula is C14H29. The third kappa shape index (κ3) is 10.1. The zero-order chi connectivity index (χ0) is 10.6. The van der Waals surface area contributed by atoms with Gasteiger partial charge in [0.05, 0.1) is 0 Å². The second-order valence-corrected chi connectivity index (χ2v) is 4.66. The minimum absolute atomic E-state index is 0.933. The van der Waals surface area contributed by atoms with Crippen molar-refractivity contribution >= 4 is 0 Å². The van der Waals surface area contributed by atoms with E-state index < -0.39 is 0 Å². The molecule has 0 N–H and O–H groups in total. The molecule has 0 aromatic carbocycles. The summed E-state index contributed by atoms with van der Waals surface area (Å²) in [4.78, 5) is 0. The van der Waals surface area contributed by atoms with Crippen LogP contribution in [0.25, 0.3) is 0 Å². The summed E-state index contributed by atoms with van der Waals surface area (Å²) in [5.74, 6) is 0.933. The molecule has 0 heterocycles. The van der Waals surface area contributed by atoms with Gasteiger partial charge in [-0.1, -0.05) is 85.0 Å². The van der Waals surface area contributed by atoms with Crippen LogP contribution in [0, 0.1) is 12.8 Å². The molecule has 0 spiro atoms. The van der Waals surface area contributed by atoms with E-state index >= 15 is 0 Å². The molecule has 0 amide bonds. The van der Waals surface area contributed by atoms with E-state index in [4.69, 9.17) is 0 Å². The van der Waals surface area contributed by atoms with Crippen molar-refractivity contribution in [3.63, 3.8) is 0 Å². The third-order valence-electron chi connectivity index (χ3n) is 3.00. The van der Waals surface area contributed by atoms with E-state index in [1.807, 2.05) is 0 Å². The lowest BCUT2D eigenvalue weighted by molar-refractivity contribution is 0.445. The summed E-state index contributed by atoms with van der Waals surface area (Å²) in [6.07, 6.45) is 13.8. The molecule has 0 fully saturated rings. The first kappa shape index (κ1) is 14.0. The maximum absolute atomic E-state index is 3.89. The van der Waals surface area contributed by atoms with Gasteiger partial charge in [-0.15, -0.1) is 0 Å². The van der Waals surface area contributed by atoms with Gasteiger partial charge in [0.25, 0.3) is 0 Å². The Kier molecular flexibility index (Phi) is 11.1. The van der Waals surface area contributed by atoms with E-state index in [1.165, 1.54) is 57.8 Å². The van der Waals surface area contributed by atoms with Gasteiger partial charge in [-0.05, 0) is 5.92 Å². The fourth-order valence-electron chi connectivity index (χ4n) is 1.91. The van der Waals surface area contributed by atoms with Gasteiger partial charge in [-0.25, -0.2) is 0 Å². The minimum atomic E-state index is 0.933. The van der Waals surface area contributed by atoms with Crippen LogP contribution in [0.1, 0.15) is 78.1 Å². The minimum Gasteiger partial charge on any atom is -0.0654 e. The summed E-state index contributed by atoms with van der Waals surface area (Å²) in [7, 11) is 0. The van der Waals surface area contributed by atoms with E-state index in [-0.39, 0.29) is 0 Å². The molecule has 0 bridgehead atoms. The molecule has 0 saturated heterocycles. The molecule has 0 nitrogen and oxygen atoms in total. The standard InChI is InChI=1S/C14H29/c1-4-6-8-9-10-11-13-14(3)12-7-5-2/h14H,2,4-13H2,1,3H3. The molecule has 0 aromatic rings. The summed E-state index contributed by atoms with van der Waals surface area (Å²) in [5.41, 5.74) is 0. The first-order valence-corrected chi connectivity index (χ1v) is 6.60. The molecule has 0 aliphatic carbocycles. The van der Waals surface area contributed by atoms with Crippen LogP contribution in [0.2, 0.25) is 0 Å². The van der Waals surface area contributed by atoms with Crippen molar-refractivity contribution < 1.29 is 0 Å². The monoisotopic (exact) mass is 197 g/mol. The second-order valence-electron chi connectivity index (χ2n) is 4.66. The Morgan fingerprint density at radius 1 is 0.857 bits per heavy atom. The van der Waals surface area contributed by atoms with Crippen molar-refractivity contribution in [2.24, 2.45) is 5.92 Å². The van der Waals surface area contributed by atoms with Crippen molar-refractivity contribution in [3.05, 3.63) is 6.92 Å². The predicted octanol–water partition coefficient (Wildman–Crippen LogP) is 5.38. The van der Waals surface area contributed by atoms with Gasteiger partial charge in [0.15, 0.2) is 0 Å². The molecule has 14 heavy (non-hydrogen) atoms. The van der Waals surface area contributed by atoms with Gasteiger partial charge in [0, 0.05) is 0 Å². The van der Waals surface area contributed by atoms with Gasteiger partial charge in [-0.2, -0.15) is 0 Å². The quantitative estimate of drug-likeness (QED) is 0.413. The number of unbranched alkanes of at least 4 members (excludes halogenated alkanes) is 6. The van der Waals surface area contributed by atoms with Crippen molar-refractivity contribution in [2.75, 3.05) is 0 Å². The van der Waals surface area contributed by atoms with Gasteiger partial charge in [0.1, 0.15) is 0 Å². The van der Waals surface area contributed by atoms with Crippen molar-refractivity contribution in [2.45, 2.75) is 78.1 Å². The first-order valence-electron chi connectivity index (χ1n) is 6.60. The number of hydrogen-bond donors (Lipinski definition) is 0. The lowest BCUT2D eigenvalue weighted by Gasteiger charge is -2.09. The van der Waals surface area contributed by atoms with Crippen LogP contribution in [-0.4, -0.2) is 0 Å². The first-order chi connectivity index (χ1) is 6.81. The van der Waals surface area contributed by atoms with Crippen LogP contribution >= 0.6 is 0 Å². The molecule has 1 radical (unpaired) electrons. The lowest BCUT2D eigenvalue weighted by atomic mass is 9.97. The van der Waals surface area contributed by atoms with Crippen LogP contribution < -0.4 is 0 Å². The Bertz CT molecular complexity index is 96.2. The molecule has 1 atom stereocenters. The fourth-order valence-corrected chi connectivity index (χ4v) is 1.91. The molecule has 0 rings (SSSR count). The molecule has 0 aromatic heterocycles. The maximum Gasteiger partial charge on any atom is -0.0443 e. The van der Waals surface area contributed by atoms with Crippen molar-refractivity contribution in [3.8, 4) is 0 Å². The van der Waals surface area contributed by atoms with E-state index in [0.717, 1.165) is 12.3 Å². The highest BCUT2D eigenvalue weighted by atomic mass is 14.1. The highest BCUT2D eigenvalue weighted by Gasteiger charge is 2.00. The summed E-state index contributed by atoms with van der Waals surface area (Å²) in [5, 5.41) is 0. The molecule has 1 unspecified atom stereocenters. The van der Waals surface area contributed by atoms with Crippen LogP contribution in [0.15, 0.2) is 0 Å². The molecule has 0 aliphatic heterocycles. The summed E-state index contributed by atoms with van der Waals surface area (Å²) < 4.78 is 0. The number of hydrogen-bond acceptors (Lipinski definition) is 0. The Morgan fingerprint density at radius 2 is 1.43 bits per heavy atom. The lowest BCUT2D eigenvalue weighted by Crippen LogP contribution is -1.94. The fraction of sp³-hybridized carbons (Fsp3) is 0.929. The Labute approximate surface area is 91.5 Å². The molecule has 0 aliphatic rings. The second kappa shape index (κ2) is 11.1. The topological polar surface area (TPSA) is 0 Å². The van der Waals surface area contributed by atoms with Crippen molar-refractivity contribution in [1.82, 2.24) is 0 Å². The SMILES string of the molecule is [CH2]CCCC(C)CCCCCCCC. The smallest absolute Gasteiger partial charge is 0.0443 e. The van der Waals surface area contributed by atoms with Crippen LogP contribution in [0.4, 0.5) is 0 Å². The Morgan fingerprint density at radius 3 is 2.07 bits per heavy atom. The zero-order valence-electron chi connectivity index (χ0n) is 10.4. The van der Waals surface area contributed by atoms with E-state index in [2.05, 4.69) is 20.8 Å². The average Bonchev–Trinajstić information content (AvgIpc) is 2.20. The largest absolute Gasteiger partial charge is 0.0654 e. The maximum atomic E-state index is 3.89. The van der Waals surface area contributed by atoms with Crippen LogP contribution in [0.5, 0.6) is 0 Å². The van der Waals surface area contributed by atoms with Gasteiger partial charge < -0.3 is 0 Å². The Balaban J connectivity index is 3.02. The Hall–Kier alpha value is 0. The summed E-state index contributed by atoms with van der Waals surface area (Å²) in [6, 6.07) is 0. The van der Waals surface area contributed by atoms with Gasteiger partial charge in [0.2, 0.25) is 0 Å². The van der Waals surface area contributed by atoms with E-state index in [9.17, 15) is 0 Å². The van der Waals surface area contributed by atoms with Gasteiger partial charge in [-0.3, -0.25) is 0 Å². The van der Waals surface area contributed by atoms with Gasteiger partial charge >= 0.3 is 0 Å². The molecule has 85 valence electrons. The highest BCUT2D eigenvalue weighted by Crippen LogP contribution is 2.16. The highest BCUT2D eigenvalue weighted by molar-refractivity contribution is 4.55. The number of rotatable bonds is 10. The summed E-state index contributed by atoms with van der Waals surface area (Å²) in [6.45, 7) is 8.56. The van der Waals surface area contributed by atoms with Crippen molar-refractivity contribution in [1.29, 1.82) is 0 Å². The van der Waals surface area contributed by atoms with Crippen LogP contribution in [-0.2, 0) is 0 Å². The average molecular weight is 197 g/mol. The predicted molar refractivity (Wildman–Crippen MR) is 66.4 cm³/mol. The molecule has 0 saturated carbocycles. The molecule has 0 heteroatoms.